The van der Waals surface area contributed by atoms with Crippen LogP contribution in [0.25, 0.3) is 0 Å². The normalized spacial score (nSPS) is 13.0. The first-order chi connectivity index (χ1) is 17.9. The minimum Gasteiger partial charge on any atom is -0.457 e. The lowest BCUT2D eigenvalue weighted by atomic mass is 10.1. The summed E-state index contributed by atoms with van der Waals surface area (Å²) in [5.41, 5.74) is 2.17. The van der Waals surface area contributed by atoms with Gasteiger partial charge in [-0.2, -0.15) is 0 Å². The Balaban J connectivity index is 1.31. The van der Waals surface area contributed by atoms with Crippen molar-refractivity contribution in [2.45, 2.75) is 13.3 Å². The summed E-state index contributed by atoms with van der Waals surface area (Å²) in [6, 6.07) is 14.2. The number of urea groups is 1. The average molecular weight is 524 g/mol. The van der Waals surface area contributed by atoms with Gasteiger partial charge in [0.05, 0.1) is 19.6 Å². The minimum absolute atomic E-state index is 0.0781. The molecule has 1 fully saturated rings. The van der Waals surface area contributed by atoms with E-state index in [0.29, 0.717) is 54.9 Å². The predicted molar refractivity (Wildman–Crippen MR) is 141 cm³/mol. The number of carbonyl (C=O) groups excluding carboxylic acids is 2. The molecule has 3 N–H and O–H groups in total. The van der Waals surface area contributed by atoms with E-state index in [9.17, 15) is 14.0 Å². The number of nitrogens with one attached hydrogen (secondary N) is 3. The molecule has 1 saturated heterocycles. The van der Waals surface area contributed by atoms with Crippen molar-refractivity contribution < 1.29 is 23.5 Å². The van der Waals surface area contributed by atoms with Crippen LogP contribution in [-0.4, -0.2) is 53.2 Å². The van der Waals surface area contributed by atoms with E-state index in [-0.39, 0.29) is 29.3 Å². The maximum Gasteiger partial charge on any atom is 0.323 e. The van der Waals surface area contributed by atoms with E-state index in [1.54, 1.807) is 47.5 Å². The molecule has 0 aliphatic carbocycles. The highest BCUT2D eigenvalue weighted by atomic mass is 32.1. The van der Waals surface area contributed by atoms with Crippen LogP contribution in [-0.2, 0) is 16.0 Å². The first kappa shape index (κ1) is 26.0. The molecule has 11 heteroatoms. The Labute approximate surface area is 219 Å². The second-order valence-corrected chi connectivity index (χ2v) is 8.70. The number of ether oxygens (including phenoxy) is 2. The molecule has 2 aromatic carbocycles. The molecule has 1 aromatic heterocycles. The maximum atomic E-state index is 13.0. The van der Waals surface area contributed by atoms with E-state index in [2.05, 4.69) is 20.9 Å². The van der Waals surface area contributed by atoms with Gasteiger partial charge in [-0.1, -0.05) is 12.1 Å². The number of amides is 3. The molecule has 9 nitrogen and oxygen atoms in total. The van der Waals surface area contributed by atoms with Crippen molar-refractivity contribution in [3.05, 3.63) is 77.7 Å². The van der Waals surface area contributed by atoms with Gasteiger partial charge in [0.2, 0.25) is 5.91 Å². The fourth-order valence-electron chi connectivity index (χ4n) is 3.59. The van der Waals surface area contributed by atoms with Gasteiger partial charge in [-0.25, -0.2) is 14.2 Å². The molecule has 1 aliphatic rings. The van der Waals surface area contributed by atoms with Gasteiger partial charge in [0.15, 0.2) is 5.11 Å². The van der Waals surface area contributed by atoms with Crippen molar-refractivity contribution in [3.8, 4) is 11.5 Å². The summed E-state index contributed by atoms with van der Waals surface area (Å²) in [5, 5.41) is 8.52. The lowest BCUT2D eigenvalue weighted by Crippen LogP contribution is -2.43. The third-order valence-corrected chi connectivity index (χ3v) is 5.66. The molecule has 192 valence electrons. The van der Waals surface area contributed by atoms with Gasteiger partial charge in [-0.3, -0.25) is 10.1 Å². The molecule has 37 heavy (non-hydrogen) atoms. The Kier molecular flexibility index (Phi) is 8.60. The summed E-state index contributed by atoms with van der Waals surface area (Å²) in [4.78, 5) is 30.5. The number of pyridine rings is 1. The van der Waals surface area contributed by atoms with Gasteiger partial charge >= 0.3 is 6.03 Å². The smallest absolute Gasteiger partial charge is 0.323 e. The zero-order chi connectivity index (χ0) is 26.2. The average Bonchev–Trinajstić information content (AvgIpc) is 2.88. The fourth-order valence-corrected chi connectivity index (χ4v) is 3.82. The third kappa shape index (κ3) is 7.69. The number of hydrogen-bond donors (Lipinski definition) is 3. The van der Waals surface area contributed by atoms with Crippen LogP contribution in [0.2, 0.25) is 0 Å². The molecule has 2 heterocycles. The number of morpholine rings is 1. The first-order valence-electron chi connectivity index (χ1n) is 11.6. The van der Waals surface area contributed by atoms with Crippen LogP contribution < -0.4 is 20.7 Å². The van der Waals surface area contributed by atoms with Crippen LogP contribution >= 0.6 is 12.2 Å². The van der Waals surface area contributed by atoms with Crippen molar-refractivity contribution in [1.29, 1.82) is 0 Å². The Morgan fingerprint density at radius 2 is 1.84 bits per heavy atom. The van der Waals surface area contributed by atoms with Crippen LogP contribution in [0.3, 0.4) is 0 Å². The van der Waals surface area contributed by atoms with E-state index < -0.39 is 0 Å². The highest BCUT2D eigenvalue weighted by Gasteiger charge is 2.17. The monoisotopic (exact) mass is 523 g/mol. The van der Waals surface area contributed by atoms with Crippen LogP contribution in [0.5, 0.6) is 11.5 Å². The SMILES string of the molecule is Cc1cc(NC(=S)NC(=O)Cc2ccc(F)cc2)ccc1Oc1ccnc(NC(=O)N2CCOCC2)c1. The first-order valence-corrected chi connectivity index (χ1v) is 12.0. The second-order valence-electron chi connectivity index (χ2n) is 8.29. The second kappa shape index (κ2) is 12.2. The number of aryl methyl sites for hydroxylation is 1. The van der Waals surface area contributed by atoms with Crippen molar-refractivity contribution in [2.24, 2.45) is 0 Å². The summed E-state index contributed by atoms with van der Waals surface area (Å²) in [6.07, 6.45) is 1.64. The van der Waals surface area contributed by atoms with Gasteiger partial charge in [-0.15, -0.1) is 0 Å². The number of halogens is 1. The zero-order valence-corrected chi connectivity index (χ0v) is 20.9. The number of thiocarbonyl (C=S) groups is 1. The topological polar surface area (TPSA) is 105 Å². The van der Waals surface area contributed by atoms with E-state index in [4.69, 9.17) is 21.7 Å². The largest absolute Gasteiger partial charge is 0.457 e. The van der Waals surface area contributed by atoms with Crippen LogP contribution in [0, 0.1) is 12.7 Å². The number of nitrogens with zero attached hydrogens (tertiary/aromatic N) is 2. The number of anilines is 2. The van der Waals surface area contributed by atoms with Crippen molar-refractivity contribution in [1.82, 2.24) is 15.2 Å². The van der Waals surface area contributed by atoms with Gasteiger partial charge < -0.3 is 25.0 Å². The molecular formula is C26H26FN5O4S. The molecule has 0 unspecified atom stereocenters. The Hall–Kier alpha value is -4.09. The lowest BCUT2D eigenvalue weighted by molar-refractivity contribution is -0.119. The molecule has 0 bridgehead atoms. The molecule has 0 atom stereocenters. The molecule has 3 amide bonds. The highest BCUT2D eigenvalue weighted by molar-refractivity contribution is 7.80. The van der Waals surface area contributed by atoms with E-state index in [1.807, 2.05) is 13.0 Å². The molecule has 3 aromatic rings. The number of rotatable bonds is 6. The molecule has 0 spiro atoms. The number of hydrogen-bond acceptors (Lipinski definition) is 6. The van der Waals surface area contributed by atoms with Crippen molar-refractivity contribution in [2.75, 3.05) is 36.9 Å². The summed E-state index contributed by atoms with van der Waals surface area (Å²) in [7, 11) is 0. The molecule has 1 aliphatic heterocycles. The minimum atomic E-state index is -0.357. The predicted octanol–water partition coefficient (Wildman–Crippen LogP) is 4.24. The van der Waals surface area contributed by atoms with Gasteiger partial charge in [0.1, 0.15) is 23.1 Å². The number of benzene rings is 2. The molecule has 4 rings (SSSR count). The number of carbonyl (C=O) groups is 2. The van der Waals surface area contributed by atoms with Crippen LogP contribution in [0.15, 0.2) is 60.8 Å². The zero-order valence-electron chi connectivity index (χ0n) is 20.1. The Bertz CT molecular complexity index is 1280. The molecule has 0 saturated carbocycles. The van der Waals surface area contributed by atoms with E-state index in [1.165, 1.54) is 12.1 Å². The summed E-state index contributed by atoms with van der Waals surface area (Å²) < 4.78 is 24.3. The Morgan fingerprint density at radius 1 is 1.08 bits per heavy atom. The van der Waals surface area contributed by atoms with Crippen LogP contribution in [0.1, 0.15) is 11.1 Å². The van der Waals surface area contributed by atoms with Crippen molar-refractivity contribution >= 4 is 40.8 Å². The van der Waals surface area contributed by atoms with E-state index >= 15 is 0 Å². The fraction of sp³-hybridized carbons (Fsp3) is 0.231. The summed E-state index contributed by atoms with van der Waals surface area (Å²) in [5.74, 6) is 0.832. The van der Waals surface area contributed by atoms with Gasteiger partial charge in [0, 0.05) is 31.0 Å². The van der Waals surface area contributed by atoms with Gasteiger partial charge in [-0.05, 0) is 66.7 Å². The maximum absolute atomic E-state index is 13.0. The van der Waals surface area contributed by atoms with Crippen LogP contribution in [0.4, 0.5) is 20.7 Å². The Morgan fingerprint density at radius 3 is 2.57 bits per heavy atom. The number of aromatic nitrogens is 1. The quantitative estimate of drug-likeness (QED) is 0.415. The lowest BCUT2D eigenvalue weighted by Gasteiger charge is -2.26. The highest BCUT2D eigenvalue weighted by Crippen LogP contribution is 2.28. The standard InChI is InChI=1S/C26H26FN5O4S/c1-17-14-20(29-25(37)31-24(33)15-18-2-4-19(27)5-3-18)6-7-22(17)36-21-8-9-28-23(16-21)30-26(34)32-10-12-35-13-11-32/h2-9,14,16H,10-13,15H2,1H3,(H,28,30,34)(H2,29,31,33,37). The van der Waals surface area contributed by atoms with Crippen molar-refractivity contribution in [3.63, 3.8) is 0 Å². The third-order valence-electron chi connectivity index (χ3n) is 5.46. The molecule has 0 radical (unpaired) electrons. The molecular weight excluding hydrogens is 497 g/mol. The summed E-state index contributed by atoms with van der Waals surface area (Å²) in [6.45, 7) is 3.97. The van der Waals surface area contributed by atoms with E-state index in [0.717, 1.165) is 5.56 Å². The summed E-state index contributed by atoms with van der Waals surface area (Å²) >= 11 is 5.24. The van der Waals surface area contributed by atoms with Gasteiger partial charge in [0.25, 0.3) is 0 Å².